The Kier molecular flexibility index (Phi) is 6.21. The van der Waals surface area contributed by atoms with Crippen molar-refractivity contribution < 1.29 is 0 Å². The van der Waals surface area contributed by atoms with Crippen LogP contribution in [0.4, 0.5) is 0 Å². The zero-order valence-electron chi connectivity index (χ0n) is 7.66. The summed E-state index contributed by atoms with van der Waals surface area (Å²) in [6, 6.07) is 0. The van der Waals surface area contributed by atoms with Crippen molar-refractivity contribution in [2.45, 2.75) is 0 Å². The molecule has 0 atom stereocenters. The summed E-state index contributed by atoms with van der Waals surface area (Å²) in [5.41, 5.74) is 0. The highest BCUT2D eigenvalue weighted by molar-refractivity contribution is 14.0. The van der Waals surface area contributed by atoms with Crippen molar-refractivity contribution in [3.05, 3.63) is 37.4 Å². The van der Waals surface area contributed by atoms with E-state index >= 15 is 0 Å². The van der Waals surface area contributed by atoms with Crippen LogP contribution in [0.3, 0.4) is 0 Å². The second-order valence-electron chi connectivity index (χ2n) is 2.46. The van der Waals surface area contributed by atoms with Gasteiger partial charge >= 0.3 is 0 Å². The van der Waals surface area contributed by atoms with Crippen LogP contribution >= 0.6 is 24.0 Å². The van der Waals surface area contributed by atoms with Crippen LogP contribution in [0.5, 0.6) is 0 Å². The van der Waals surface area contributed by atoms with Crippen molar-refractivity contribution in [1.82, 2.24) is 19.1 Å². The van der Waals surface area contributed by atoms with Gasteiger partial charge in [0.1, 0.15) is 0 Å². The summed E-state index contributed by atoms with van der Waals surface area (Å²) in [6.07, 6.45) is 10.8. The summed E-state index contributed by atoms with van der Waals surface area (Å²) in [5, 5.41) is 0. The zero-order chi connectivity index (χ0) is 8.81. The Bertz CT molecular complexity index is 256. The molecule has 2 aromatic heterocycles. The van der Waals surface area contributed by atoms with Crippen molar-refractivity contribution in [1.29, 1.82) is 0 Å². The van der Waals surface area contributed by atoms with Gasteiger partial charge in [-0.1, -0.05) is 0 Å². The first-order valence-corrected chi connectivity index (χ1v) is 3.63. The smallest absolute Gasteiger partial charge is 0.0943 e. The molecule has 2 aromatic rings. The molecule has 0 saturated carbocycles. The van der Waals surface area contributed by atoms with Crippen LogP contribution in [0.1, 0.15) is 0 Å². The van der Waals surface area contributed by atoms with Gasteiger partial charge in [-0.25, -0.2) is 9.97 Å². The van der Waals surface area contributed by atoms with E-state index in [0.717, 1.165) is 0 Å². The van der Waals surface area contributed by atoms with E-state index in [-0.39, 0.29) is 24.0 Å². The highest BCUT2D eigenvalue weighted by Gasteiger charge is 1.69. The Balaban J connectivity index is 0.000000206. The summed E-state index contributed by atoms with van der Waals surface area (Å²) < 4.78 is 3.78. The molecule has 0 aliphatic rings. The summed E-state index contributed by atoms with van der Waals surface area (Å²) in [7, 11) is 3.88. The van der Waals surface area contributed by atoms with Gasteiger partial charge in [-0.15, -0.1) is 24.0 Å². The largest absolute Gasteiger partial charge is 0.341 e. The lowest BCUT2D eigenvalue weighted by atomic mass is 10.9. The second-order valence-corrected chi connectivity index (χ2v) is 2.46. The lowest BCUT2D eigenvalue weighted by molar-refractivity contribution is 0.913. The van der Waals surface area contributed by atoms with E-state index in [4.69, 9.17) is 0 Å². The number of imidazole rings is 2. The van der Waals surface area contributed by atoms with Crippen LogP contribution < -0.4 is 0 Å². The SMILES string of the molecule is Cn1ccnc1.Cn1ccnc1.I. The third-order valence-electron chi connectivity index (χ3n) is 1.27. The van der Waals surface area contributed by atoms with Crippen molar-refractivity contribution >= 4 is 24.0 Å². The summed E-state index contributed by atoms with van der Waals surface area (Å²) >= 11 is 0. The molecule has 0 fully saturated rings. The fourth-order valence-corrected chi connectivity index (χ4v) is 0.652. The molecule has 0 aliphatic heterocycles. The normalized spacial score (nSPS) is 8.15. The summed E-state index contributed by atoms with van der Waals surface area (Å²) in [5.74, 6) is 0. The van der Waals surface area contributed by atoms with Crippen molar-refractivity contribution in [2.75, 3.05) is 0 Å². The average Bonchev–Trinajstić information content (AvgIpc) is 2.63. The van der Waals surface area contributed by atoms with E-state index in [1.807, 2.05) is 35.6 Å². The van der Waals surface area contributed by atoms with Gasteiger partial charge in [0.05, 0.1) is 12.7 Å². The van der Waals surface area contributed by atoms with Crippen LogP contribution in [-0.4, -0.2) is 19.1 Å². The average molecular weight is 292 g/mol. The highest BCUT2D eigenvalue weighted by atomic mass is 127. The van der Waals surface area contributed by atoms with Crippen LogP contribution in [0, 0.1) is 0 Å². The molecule has 13 heavy (non-hydrogen) atoms. The lowest BCUT2D eigenvalue weighted by Gasteiger charge is -1.76. The molecular weight excluding hydrogens is 279 g/mol. The van der Waals surface area contributed by atoms with Crippen LogP contribution in [0.2, 0.25) is 0 Å². The minimum Gasteiger partial charge on any atom is -0.341 e. The highest BCUT2D eigenvalue weighted by Crippen LogP contribution is 1.74. The molecule has 2 heterocycles. The number of hydrogen-bond donors (Lipinski definition) is 0. The topological polar surface area (TPSA) is 35.6 Å². The maximum absolute atomic E-state index is 3.78. The van der Waals surface area contributed by atoms with Gasteiger partial charge in [0.25, 0.3) is 0 Å². The minimum atomic E-state index is 0. The van der Waals surface area contributed by atoms with E-state index in [1.54, 1.807) is 25.0 Å². The molecular formula is C8H13IN4. The molecule has 0 radical (unpaired) electrons. The Labute approximate surface area is 94.6 Å². The number of aromatic nitrogens is 4. The maximum Gasteiger partial charge on any atom is 0.0943 e. The molecule has 0 amide bonds. The Morgan fingerprint density at radius 2 is 1.23 bits per heavy atom. The molecule has 0 aromatic carbocycles. The molecule has 0 aliphatic carbocycles. The number of rotatable bonds is 0. The zero-order valence-corrected chi connectivity index (χ0v) is 9.99. The fraction of sp³-hybridized carbons (Fsp3) is 0.250. The molecule has 0 unspecified atom stereocenters. The lowest BCUT2D eigenvalue weighted by Crippen LogP contribution is -1.76. The van der Waals surface area contributed by atoms with Crippen LogP contribution in [0.15, 0.2) is 37.4 Å². The predicted octanol–water partition coefficient (Wildman–Crippen LogP) is 1.46. The van der Waals surface area contributed by atoms with E-state index in [1.165, 1.54) is 0 Å². The fourth-order valence-electron chi connectivity index (χ4n) is 0.652. The van der Waals surface area contributed by atoms with Crippen LogP contribution in [0.25, 0.3) is 0 Å². The Morgan fingerprint density at radius 1 is 0.846 bits per heavy atom. The van der Waals surface area contributed by atoms with Gasteiger partial charge in [-0.3, -0.25) is 0 Å². The molecule has 0 bridgehead atoms. The third kappa shape index (κ3) is 5.40. The quantitative estimate of drug-likeness (QED) is 0.689. The van der Waals surface area contributed by atoms with Crippen molar-refractivity contribution in [3.8, 4) is 0 Å². The first-order chi connectivity index (χ1) is 5.79. The van der Waals surface area contributed by atoms with E-state index < -0.39 is 0 Å². The predicted molar refractivity (Wildman–Crippen MR) is 61.8 cm³/mol. The standard InChI is InChI=1S/2C4H6N2.HI/c2*1-6-3-2-5-4-6;/h2*2-4H,1H3;1H. The molecule has 4 nitrogen and oxygen atoms in total. The molecule has 0 N–H and O–H groups in total. The van der Waals surface area contributed by atoms with Crippen LogP contribution in [-0.2, 0) is 14.1 Å². The van der Waals surface area contributed by atoms with Gasteiger partial charge in [0.15, 0.2) is 0 Å². The first kappa shape index (κ1) is 12.2. The Hall–Kier alpha value is -0.850. The molecule has 5 heteroatoms. The number of hydrogen-bond acceptors (Lipinski definition) is 2. The van der Waals surface area contributed by atoms with Gasteiger partial charge < -0.3 is 9.13 Å². The first-order valence-electron chi connectivity index (χ1n) is 3.63. The van der Waals surface area contributed by atoms with Gasteiger partial charge in [0, 0.05) is 38.9 Å². The third-order valence-corrected chi connectivity index (χ3v) is 1.27. The van der Waals surface area contributed by atoms with Crippen molar-refractivity contribution in [3.63, 3.8) is 0 Å². The van der Waals surface area contributed by atoms with Crippen molar-refractivity contribution in [2.24, 2.45) is 14.1 Å². The molecule has 0 saturated heterocycles. The second kappa shape index (κ2) is 6.64. The van der Waals surface area contributed by atoms with E-state index in [9.17, 15) is 0 Å². The monoisotopic (exact) mass is 292 g/mol. The van der Waals surface area contributed by atoms with E-state index in [2.05, 4.69) is 9.97 Å². The summed E-state index contributed by atoms with van der Waals surface area (Å²) in [4.78, 5) is 7.57. The number of nitrogens with zero attached hydrogens (tertiary/aromatic N) is 4. The number of halogens is 1. The molecule has 2 rings (SSSR count). The molecule has 72 valence electrons. The Morgan fingerprint density at radius 3 is 1.31 bits per heavy atom. The van der Waals surface area contributed by atoms with Gasteiger partial charge in [0.2, 0.25) is 0 Å². The van der Waals surface area contributed by atoms with Gasteiger partial charge in [-0.05, 0) is 0 Å². The van der Waals surface area contributed by atoms with Gasteiger partial charge in [-0.2, -0.15) is 0 Å². The minimum absolute atomic E-state index is 0. The summed E-state index contributed by atoms with van der Waals surface area (Å²) in [6.45, 7) is 0. The maximum atomic E-state index is 3.78. The number of aryl methyl sites for hydroxylation is 2. The molecule has 0 spiro atoms. The van der Waals surface area contributed by atoms with E-state index in [0.29, 0.717) is 0 Å².